The van der Waals surface area contributed by atoms with Crippen molar-refractivity contribution in [1.29, 1.82) is 10.5 Å². The van der Waals surface area contributed by atoms with Gasteiger partial charge in [0.2, 0.25) is 0 Å². The van der Waals surface area contributed by atoms with Crippen LogP contribution in [0.3, 0.4) is 0 Å². The average Bonchev–Trinajstić information content (AvgIpc) is 3.68. The predicted molar refractivity (Wildman–Crippen MR) is 198 cm³/mol. The van der Waals surface area contributed by atoms with Gasteiger partial charge in [-0.05, 0) is 77.9 Å². The molecule has 4 aliphatic rings. The number of hydrogen-bond acceptors (Lipinski definition) is 3. The fraction of sp³-hybridized carbons (Fsp3) is 0.156. The van der Waals surface area contributed by atoms with Gasteiger partial charge in [-0.25, -0.2) is 0 Å². The van der Waals surface area contributed by atoms with E-state index in [0.717, 1.165) is 51.5 Å². The highest BCUT2D eigenvalue weighted by molar-refractivity contribution is 6.10. The molecule has 4 atom stereocenters. The first-order chi connectivity index (χ1) is 24.1. The molecule has 0 amide bonds. The molecule has 2 heterocycles. The third-order valence-electron chi connectivity index (χ3n) is 10.8. The van der Waals surface area contributed by atoms with Gasteiger partial charge in [-0.15, -0.1) is 0 Å². The average molecular weight is 631 g/mol. The lowest BCUT2D eigenvalue weighted by Crippen LogP contribution is -2.33. The minimum absolute atomic E-state index is 0.166. The van der Waals surface area contributed by atoms with E-state index in [0.29, 0.717) is 29.0 Å². The summed E-state index contributed by atoms with van der Waals surface area (Å²) in [6, 6.07) is 34.0. The molecule has 1 aliphatic heterocycles. The van der Waals surface area contributed by atoms with Crippen molar-refractivity contribution < 1.29 is 0 Å². The van der Waals surface area contributed by atoms with Crippen molar-refractivity contribution in [3.63, 3.8) is 0 Å². The van der Waals surface area contributed by atoms with E-state index in [2.05, 4.69) is 138 Å². The van der Waals surface area contributed by atoms with E-state index in [9.17, 15) is 10.5 Å². The van der Waals surface area contributed by atoms with Gasteiger partial charge in [-0.1, -0.05) is 104 Å². The molecule has 4 unspecified atom stereocenters. The summed E-state index contributed by atoms with van der Waals surface area (Å²) >= 11 is 0. The molecule has 234 valence electrons. The van der Waals surface area contributed by atoms with Gasteiger partial charge in [0, 0.05) is 39.6 Å². The number of fused-ring (bicyclic) bond motifs is 5. The largest absolute Gasteiger partial charge is 0.337 e. The SMILES string of the molecule is CC1CC=CC2=C1C1C=CC=CC1N2C1=CC=CC(c2ccccc2-c2ccc(C#N)cc2-n2c3ccccc3c3ccc(C#N)cc32)C1. The molecule has 3 aliphatic carbocycles. The highest BCUT2D eigenvalue weighted by Gasteiger charge is 2.42. The Labute approximate surface area is 286 Å². The summed E-state index contributed by atoms with van der Waals surface area (Å²) < 4.78 is 2.23. The minimum Gasteiger partial charge on any atom is -0.337 e. The van der Waals surface area contributed by atoms with Crippen molar-refractivity contribution in [2.45, 2.75) is 31.7 Å². The van der Waals surface area contributed by atoms with Crippen molar-refractivity contribution in [2.75, 3.05) is 0 Å². The molecular weight excluding hydrogens is 597 g/mol. The van der Waals surface area contributed by atoms with E-state index in [1.54, 1.807) is 5.57 Å². The van der Waals surface area contributed by atoms with Crippen LogP contribution < -0.4 is 0 Å². The fourth-order valence-corrected chi connectivity index (χ4v) is 8.65. The van der Waals surface area contributed by atoms with Crippen LogP contribution in [0.5, 0.6) is 0 Å². The van der Waals surface area contributed by atoms with Crippen molar-refractivity contribution in [3.05, 3.63) is 173 Å². The molecule has 0 bridgehead atoms. The molecule has 49 heavy (non-hydrogen) atoms. The summed E-state index contributed by atoms with van der Waals surface area (Å²) in [5, 5.41) is 22.1. The monoisotopic (exact) mass is 630 g/mol. The topological polar surface area (TPSA) is 55.8 Å². The summed E-state index contributed by atoms with van der Waals surface area (Å²) in [4.78, 5) is 2.60. The van der Waals surface area contributed by atoms with Gasteiger partial charge in [0.1, 0.15) is 0 Å². The highest BCUT2D eigenvalue weighted by Crippen LogP contribution is 2.49. The molecule has 0 spiro atoms. The first kappa shape index (κ1) is 29.1. The molecule has 1 aromatic heterocycles. The lowest BCUT2D eigenvalue weighted by molar-refractivity contribution is 0.354. The number of rotatable bonds is 4. The lowest BCUT2D eigenvalue weighted by atomic mass is 9.81. The van der Waals surface area contributed by atoms with Crippen LogP contribution in [-0.2, 0) is 0 Å². The Kier molecular flexibility index (Phi) is 6.85. The third-order valence-corrected chi connectivity index (χ3v) is 10.8. The Morgan fingerprint density at radius 2 is 1.51 bits per heavy atom. The summed E-state index contributed by atoms with van der Waals surface area (Å²) in [5.41, 5.74) is 11.9. The summed E-state index contributed by atoms with van der Waals surface area (Å²) in [6.07, 6.45) is 22.7. The maximum atomic E-state index is 10.1. The zero-order valence-corrected chi connectivity index (χ0v) is 27.3. The van der Waals surface area contributed by atoms with Gasteiger partial charge in [0.25, 0.3) is 0 Å². The van der Waals surface area contributed by atoms with Crippen LogP contribution in [0.15, 0.2) is 157 Å². The first-order valence-corrected chi connectivity index (χ1v) is 17.1. The van der Waals surface area contributed by atoms with Crippen molar-refractivity contribution in [3.8, 4) is 29.0 Å². The molecule has 4 heteroatoms. The van der Waals surface area contributed by atoms with E-state index in [4.69, 9.17) is 0 Å². The third kappa shape index (κ3) is 4.56. The normalized spacial score (nSPS) is 22.3. The van der Waals surface area contributed by atoms with E-state index >= 15 is 0 Å². The first-order valence-electron chi connectivity index (χ1n) is 17.1. The number of para-hydroxylation sites is 1. The number of nitriles is 2. The van der Waals surface area contributed by atoms with Crippen LogP contribution in [0.2, 0.25) is 0 Å². The molecule has 9 rings (SSSR count). The highest BCUT2D eigenvalue weighted by atomic mass is 15.2. The number of aromatic nitrogens is 1. The second-order valence-electron chi connectivity index (χ2n) is 13.5. The van der Waals surface area contributed by atoms with Crippen LogP contribution in [-0.4, -0.2) is 15.5 Å². The smallest absolute Gasteiger partial charge is 0.0992 e. The number of hydrogen-bond donors (Lipinski definition) is 0. The Morgan fingerprint density at radius 3 is 2.41 bits per heavy atom. The van der Waals surface area contributed by atoms with Gasteiger partial charge < -0.3 is 9.47 Å². The van der Waals surface area contributed by atoms with Crippen LogP contribution in [0.4, 0.5) is 0 Å². The summed E-state index contributed by atoms with van der Waals surface area (Å²) in [6.45, 7) is 2.37. The Balaban J connectivity index is 1.18. The Hall–Kier alpha value is -6.10. The molecule has 0 saturated heterocycles. The van der Waals surface area contributed by atoms with E-state index < -0.39 is 0 Å². The number of nitrogens with zero attached hydrogens (tertiary/aromatic N) is 4. The minimum atomic E-state index is 0.166. The molecule has 0 fully saturated rings. The van der Waals surface area contributed by atoms with E-state index in [1.807, 2.05) is 30.3 Å². The number of benzene rings is 4. The van der Waals surface area contributed by atoms with E-state index in [-0.39, 0.29) is 5.92 Å². The summed E-state index contributed by atoms with van der Waals surface area (Å²) in [7, 11) is 0. The maximum Gasteiger partial charge on any atom is 0.0992 e. The Morgan fingerprint density at radius 1 is 0.735 bits per heavy atom. The summed E-state index contributed by atoms with van der Waals surface area (Å²) in [5.74, 6) is 1.11. The van der Waals surface area contributed by atoms with Crippen molar-refractivity contribution in [1.82, 2.24) is 9.47 Å². The number of allylic oxidation sites excluding steroid dienone is 8. The standard InChI is InChI=1S/C45H34N4/c1-29-10-8-19-42-45(29)39-16-5-7-18-41(39)48(42)33-12-9-11-32(26-33)34-13-2-3-14-35(34)37-22-20-30(27-46)24-43(37)49-40-17-6-4-15-36(40)38-23-21-31(28-47)25-44(38)49/h2-9,11-25,29,32,39,41H,10,26H2,1H3. The maximum absolute atomic E-state index is 10.1. The lowest BCUT2D eigenvalue weighted by Gasteiger charge is -2.35. The zero-order valence-electron chi connectivity index (χ0n) is 27.3. The van der Waals surface area contributed by atoms with Gasteiger partial charge in [0.05, 0.1) is 46.0 Å². The molecule has 5 aromatic rings. The van der Waals surface area contributed by atoms with Gasteiger partial charge >= 0.3 is 0 Å². The van der Waals surface area contributed by atoms with Crippen LogP contribution in [0.25, 0.3) is 38.6 Å². The van der Waals surface area contributed by atoms with Gasteiger partial charge in [-0.2, -0.15) is 10.5 Å². The predicted octanol–water partition coefficient (Wildman–Crippen LogP) is 10.4. The second kappa shape index (κ2) is 11.6. The quantitative estimate of drug-likeness (QED) is 0.199. The zero-order chi connectivity index (χ0) is 33.1. The molecule has 4 nitrogen and oxygen atoms in total. The second-order valence-corrected chi connectivity index (χ2v) is 13.5. The van der Waals surface area contributed by atoms with E-state index in [1.165, 1.54) is 17.0 Å². The van der Waals surface area contributed by atoms with Crippen molar-refractivity contribution >= 4 is 21.8 Å². The molecular formula is C45H34N4. The van der Waals surface area contributed by atoms with Crippen LogP contribution in [0, 0.1) is 34.5 Å². The van der Waals surface area contributed by atoms with Crippen LogP contribution >= 0.6 is 0 Å². The fourth-order valence-electron chi connectivity index (χ4n) is 8.65. The molecule has 0 saturated carbocycles. The molecule has 0 N–H and O–H groups in total. The van der Waals surface area contributed by atoms with Crippen LogP contribution in [0.1, 0.15) is 42.4 Å². The van der Waals surface area contributed by atoms with Crippen molar-refractivity contribution in [2.24, 2.45) is 11.8 Å². The van der Waals surface area contributed by atoms with Gasteiger partial charge in [-0.3, -0.25) is 0 Å². The Bertz CT molecular complexity index is 2470. The molecule has 0 radical (unpaired) electrons. The molecule has 4 aromatic carbocycles. The van der Waals surface area contributed by atoms with Gasteiger partial charge in [0.15, 0.2) is 0 Å².